The Morgan fingerprint density at radius 1 is 1.26 bits per heavy atom. The molecule has 4 rings (SSSR count). The first-order valence-corrected chi connectivity index (χ1v) is 12.8. The summed E-state index contributed by atoms with van der Waals surface area (Å²) in [5.41, 5.74) is 8.65. The molecule has 0 radical (unpaired) electrons. The lowest BCUT2D eigenvalue weighted by Gasteiger charge is -2.31. The maximum absolute atomic E-state index is 12.4. The summed E-state index contributed by atoms with van der Waals surface area (Å²) in [6.45, 7) is 5.33. The normalized spacial score (nSPS) is 16.4. The van der Waals surface area contributed by atoms with Gasteiger partial charge in [0.15, 0.2) is 0 Å². The smallest absolute Gasteiger partial charge is 0.240 e. The number of nitrogens with two attached hydrogens (primary N) is 1. The SMILES string of the molecule is C=C(N=C(/C=C\N)N1CCCc2cc(OC)ccc21)Nc1ccc(S(=O)(=O)NCC2CC2)cc1. The van der Waals surface area contributed by atoms with E-state index in [0.29, 0.717) is 29.8 Å². The molecule has 4 N–H and O–H groups in total. The first-order chi connectivity index (χ1) is 16.4. The number of benzene rings is 2. The number of methoxy groups -OCH3 is 1. The van der Waals surface area contributed by atoms with Gasteiger partial charge < -0.3 is 20.7 Å². The van der Waals surface area contributed by atoms with Crippen molar-refractivity contribution >= 4 is 27.2 Å². The van der Waals surface area contributed by atoms with Crippen LogP contribution >= 0.6 is 0 Å². The summed E-state index contributed by atoms with van der Waals surface area (Å²) in [5, 5.41) is 3.13. The summed E-state index contributed by atoms with van der Waals surface area (Å²) in [7, 11) is -1.84. The van der Waals surface area contributed by atoms with Crippen molar-refractivity contribution in [3.05, 3.63) is 72.7 Å². The van der Waals surface area contributed by atoms with Gasteiger partial charge in [-0.25, -0.2) is 18.1 Å². The Morgan fingerprint density at radius 2 is 2.03 bits per heavy atom. The molecule has 0 saturated heterocycles. The lowest BCUT2D eigenvalue weighted by molar-refractivity contribution is 0.414. The van der Waals surface area contributed by atoms with Gasteiger partial charge in [-0.3, -0.25) is 0 Å². The Kier molecular flexibility index (Phi) is 7.23. The number of amidine groups is 1. The van der Waals surface area contributed by atoms with E-state index in [1.165, 1.54) is 11.8 Å². The molecule has 9 heteroatoms. The minimum absolute atomic E-state index is 0.236. The Hall–Kier alpha value is -3.30. The maximum atomic E-state index is 12.4. The third-order valence-electron chi connectivity index (χ3n) is 5.89. The Morgan fingerprint density at radius 3 is 2.71 bits per heavy atom. The number of aliphatic imine (C=N–C) groups is 1. The van der Waals surface area contributed by atoms with E-state index in [9.17, 15) is 8.42 Å². The van der Waals surface area contributed by atoms with Crippen molar-refractivity contribution in [3.8, 4) is 5.75 Å². The first-order valence-electron chi connectivity index (χ1n) is 11.4. The third-order valence-corrected chi connectivity index (χ3v) is 7.33. The minimum atomic E-state index is -3.50. The van der Waals surface area contributed by atoms with Gasteiger partial charge in [0.05, 0.1) is 12.0 Å². The number of anilines is 2. The molecule has 0 aromatic heterocycles. The molecular weight excluding hydrogens is 450 g/mol. The number of nitrogens with zero attached hydrogens (tertiary/aromatic N) is 2. The highest BCUT2D eigenvalue weighted by atomic mass is 32.2. The van der Waals surface area contributed by atoms with E-state index in [4.69, 9.17) is 10.5 Å². The zero-order chi connectivity index (χ0) is 24.1. The predicted octanol–water partition coefficient (Wildman–Crippen LogP) is 3.59. The van der Waals surface area contributed by atoms with E-state index in [1.54, 1.807) is 37.5 Å². The number of aryl methyl sites for hydroxylation is 1. The molecule has 180 valence electrons. The summed E-state index contributed by atoms with van der Waals surface area (Å²) in [6.07, 6.45) is 7.32. The molecule has 1 aliphatic heterocycles. The molecule has 1 fully saturated rings. The Labute approximate surface area is 201 Å². The number of sulfonamides is 1. The number of nitrogens with one attached hydrogen (secondary N) is 2. The zero-order valence-electron chi connectivity index (χ0n) is 19.3. The second-order valence-electron chi connectivity index (χ2n) is 8.47. The molecule has 1 heterocycles. The first kappa shape index (κ1) is 23.8. The van der Waals surface area contributed by atoms with Crippen LogP contribution in [0.3, 0.4) is 0 Å². The van der Waals surface area contributed by atoms with Crippen LogP contribution in [-0.2, 0) is 16.4 Å². The van der Waals surface area contributed by atoms with E-state index in [0.717, 1.165) is 43.7 Å². The summed E-state index contributed by atoms with van der Waals surface area (Å²) < 4.78 is 32.9. The summed E-state index contributed by atoms with van der Waals surface area (Å²) >= 11 is 0. The molecule has 34 heavy (non-hydrogen) atoms. The second kappa shape index (κ2) is 10.3. The van der Waals surface area contributed by atoms with Gasteiger partial charge in [0, 0.05) is 24.5 Å². The molecule has 2 aromatic rings. The minimum Gasteiger partial charge on any atom is -0.497 e. The van der Waals surface area contributed by atoms with Crippen molar-refractivity contribution in [1.82, 2.24) is 4.72 Å². The average molecular weight is 482 g/mol. The van der Waals surface area contributed by atoms with E-state index in [2.05, 4.69) is 26.5 Å². The number of ether oxygens (including phenoxy) is 1. The fourth-order valence-corrected chi connectivity index (χ4v) is 5.01. The Bertz CT molecular complexity index is 1200. The number of fused-ring (bicyclic) bond motifs is 1. The topological polar surface area (TPSA) is 109 Å². The van der Waals surface area contributed by atoms with E-state index >= 15 is 0 Å². The highest BCUT2D eigenvalue weighted by Gasteiger charge is 2.24. The monoisotopic (exact) mass is 481 g/mol. The van der Waals surface area contributed by atoms with Crippen LogP contribution in [0, 0.1) is 5.92 Å². The van der Waals surface area contributed by atoms with Crippen molar-refractivity contribution in [2.24, 2.45) is 16.6 Å². The van der Waals surface area contributed by atoms with Gasteiger partial charge in [-0.15, -0.1) is 0 Å². The Balaban J connectivity index is 1.47. The molecule has 8 nitrogen and oxygen atoms in total. The fourth-order valence-electron chi connectivity index (χ4n) is 3.90. The van der Waals surface area contributed by atoms with Crippen LogP contribution in [0.4, 0.5) is 11.4 Å². The molecule has 1 aliphatic carbocycles. The maximum Gasteiger partial charge on any atom is 0.240 e. The van der Waals surface area contributed by atoms with Gasteiger partial charge in [0.1, 0.15) is 17.4 Å². The van der Waals surface area contributed by atoms with E-state index in [1.807, 2.05) is 18.2 Å². The largest absolute Gasteiger partial charge is 0.497 e. The molecule has 0 bridgehead atoms. The molecule has 0 atom stereocenters. The van der Waals surface area contributed by atoms with Crippen LogP contribution in [0.25, 0.3) is 0 Å². The lowest BCUT2D eigenvalue weighted by atomic mass is 10.0. The average Bonchev–Trinajstić information content (AvgIpc) is 3.67. The highest BCUT2D eigenvalue weighted by molar-refractivity contribution is 7.89. The van der Waals surface area contributed by atoms with Gasteiger partial charge >= 0.3 is 0 Å². The number of hydrogen-bond acceptors (Lipinski definition) is 6. The van der Waals surface area contributed by atoms with Gasteiger partial charge in [-0.05, 0) is 91.9 Å². The van der Waals surface area contributed by atoms with Gasteiger partial charge in [0.2, 0.25) is 10.0 Å². The van der Waals surface area contributed by atoms with Crippen molar-refractivity contribution in [2.45, 2.75) is 30.6 Å². The van der Waals surface area contributed by atoms with Gasteiger partial charge in [-0.2, -0.15) is 0 Å². The lowest BCUT2D eigenvalue weighted by Crippen LogP contribution is -2.35. The molecule has 0 unspecified atom stereocenters. The molecule has 2 aliphatic rings. The van der Waals surface area contributed by atoms with E-state index in [-0.39, 0.29) is 4.90 Å². The van der Waals surface area contributed by atoms with Gasteiger partial charge in [-0.1, -0.05) is 6.58 Å². The predicted molar refractivity (Wildman–Crippen MR) is 137 cm³/mol. The van der Waals surface area contributed by atoms with Crippen molar-refractivity contribution in [1.29, 1.82) is 0 Å². The van der Waals surface area contributed by atoms with Gasteiger partial charge in [0.25, 0.3) is 0 Å². The fraction of sp³-hybridized carbons (Fsp3) is 0.320. The second-order valence-corrected chi connectivity index (χ2v) is 10.2. The van der Waals surface area contributed by atoms with Crippen LogP contribution in [0.2, 0.25) is 0 Å². The molecular formula is C25H31N5O3S. The summed E-state index contributed by atoms with van der Waals surface area (Å²) in [5.74, 6) is 2.38. The quantitative estimate of drug-likeness (QED) is 0.373. The molecule has 1 saturated carbocycles. The zero-order valence-corrected chi connectivity index (χ0v) is 20.1. The van der Waals surface area contributed by atoms with Crippen LogP contribution in [-0.4, -0.2) is 34.5 Å². The van der Waals surface area contributed by atoms with E-state index < -0.39 is 10.0 Å². The van der Waals surface area contributed by atoms with Crippen LogP contribution in [0.1, 0.15) is 24.8 Å². The van der Waals surface area contributed by atoms with Crippen molar-refractivity contribution in [2.75, 3.05) is 30.4 Å². The number of hydrogen-bond donors (Lipinski definition) is 3. The summed E-state index contributed by atoms with van der Waals surface area (Å²) in [6, 6.07) is 12.6. The highest BCUT2D eigenvalue weighted by Crippen LogP contribution is 2.31. The van der Waals surface area contributed by atoms with Crippen LogP contribution < -0.4 is 25.4 Å². The van der Waals surface area contributed by atoms with Crippen LogP contribution in [0.5, 0.6) is 5.75 Å². The molecule has 2 aromatic carbocycles. The van der Waals surface area contributed by atoms with Crippen molar-refractivity contribution in [3.63, 3.8) is 0 Å². The molecule has 0 spiro atoms. The third kappa shape index (κ3) is 5.78. The molecule has 0 amide bonds. The summed E-state index contributed by atoms with van der Waals surface area (Å²) in [4.78, 5) is 7.00. The standard InChI is InChI=1S/C25H31N5O3S/c1-18(28-21-7-10-23(11-8-21)34(31,32)27-17-19-5-6-19)29-25(13-14-26)30-15-3-4-20-16-22(33-2)9-12-24(20)30/h7-14,16,19,27-28H,1,3-6,15,17,26H2,2H3/b14-13-,29-25?. The van der Waals surface area contributed by atoms with Crippen molar-refractivity contribution < 1.29 is 13.2 Å². The number of rotatable bonds is 9. The van der Waals surface area contributed by atoms with Crippen LogP contribution in [0.15, 0.2) is 77.0 Å².